The summed E-state index contributed by atoms with van der Waals surface area (Å²) in [6, 6.07) is 9.93. The topological polar surface area (TPSA) is 49.3 Å². The number of hydrogen-bond acceptors (Lipinski definition) is 2. The summed E-state index contributed by atoms with van der Waals surface area (Å²) in [5, 5.41) is 12.5. The van der Waals surface area contributed by atoms with Gasteiger partial charge in [0.25, 0.3) is 0 Å². The van der Waals surface area contributed by atoms with Crippen LogP contribution in [-0.4, -0.2) is 23.7 Å². The van der Waals surface area contributed by atoms with Crippen molar-refractivity contribution in [2.24, 2.45) is 5.92 Å². The lowest BCUT2D eigenvalue weighted by Crippen LogP contribution is -2.34. The van der Waals surface area contributed by atoms with E-state index in [0.29, 0.717) is 18.9 Å². The molecule has 0 saturated carbocycles. The lowest BCUT2D eigenvalue weighted by Gasteiger charge is -2.23. The highest BCUT2D eigenvalue weighted by atomic mass is 16.3. The minimum Gasteiger partial charge on any atom is -0.393 e. The van der Waals surface area contributed by atoms with Gasteiger partial charge in [0.2, 0.25) is 5.91 Å². The molecule has 3 atom stereocenters. The van der Waals surface area contributed by atoms with Crippen LogP contribution in [0.2, 0.25) is 0 Å². The quantitative estimate of drug-likeness (QED) is 0.767. The molecule has 1 amide bonds. The van der Waals surface area contributed by atoms with Crippen molar-refractivity contribution in [3.63, 3.8) is 0 Å². The highest BCUT2D eigenvalue weighted by molar-refractivity contribution is 5.83. The largest absolute Gasteiger partial charge is 0.393 e. The Balaban J connectivity index is 2.67. The fourth-order valence-electron chi connectivity index (χ4n) is 2.31. The molecule has 3 unspecified atom stereocenters. The van der Waals surface area contributed by atoms with Crippen LogP contribution >= 0.6 is 0 Å². The van der Waals surface area contributed by atoms with Crippen LogP contribution in [0.25, 0.3) is 0 Å². The lowest BCUT2D eigenvalue weighted by molar-refractivity contribution is -0.123. The maximum absolute atomic E-state index is 12.4. The van der Waals surface area contributed by atoms with Gasteiger partial charge in [-0.1, -0.05) is 57.5 Å². The highest BCUT2D eigenvalue weighted by Crippen LogP contribution is 2.27. The number of amides is 1. The summed E-state index contributed by atoms with van der Waals surface area (Å²) in [6.07, 6.45) is 1.98. The molecular formula is C17H27NO2. The van der Waals surface area contributed by atoms with Crippen LogP contribution in [0.15, 0.2) is 30.3 Å². The molecule has 3 heteroatoms. The Kier molecular flexibility index (Phi) is 7.31. The van der Waals surface area contributed by atoms with Gasteiger partial charge in [-0.05, 0) is 24.3 Å². The van der Waals surface area contributed by atoms with Gasteiger partial charge in [-0.15, -0.1) is 0 Å². The van der Waals surface area contributed by atoms with Gasteiger partial charge in [-0.3, -0.25) is 4.79 Å². The molecule has 0 saturated heterocycles. The molecule has 0 spiro atoms. The van der Waals surface area contributed by atoms with Gasteiger partial charge in [0, 0.05) is 6.54 Å². The summed E-state index contributed by atoms with van der Waals surface area (Å²) >= 11 is 0. The fourth-order valence-corrected chi connectivity index (χ4v) is 2.31. The summed E-state index contributed by atoms with van der Waals surface area (Å²) in [7, 11) is 0. The summed E-state index contributed by atoms with van der Waals surface area (Å²) in [5.74, 6) is 0.252. The molecule has 3 nitrogen and oxygen atoms in total. The van der Waals surface area contributed by atoms with E-state index in [4.69, 9.17) is 0 Å². The van der Waals surface area contributed by atoms with Gasteiger partial charge in [-0.2, -0.15) is 0 Å². The van der Waals surface area contributed by atoms with Crippen LogP contribution in [-0.2, 0) is 4.79 Å². The zero-order valence-corrected chi connectivity index (χ0v) is 12.8. The maximum atomic E-state index is 12.4. The summed E-state index contributed by atoms with van der Waals surface area (Å²) in [6.45, 7) is 6.69. The first-order valence-corrected chi connectivity index (χ1v) is 7.60. The number of nitrogens with one attached hydrogen (secondary N) is 1. The molecule has 1 aromatic carbocycles. The normalized spacial score (nSPS) is 15.4. The van der Waals surface area contributed by atoms with Crippen LogP contribution in [0.3, 0.4) is 0 Å². The Bertz CT molecular complexity index is 391. The van der Waals surface area contributed by atoms with Gasteiger partial charge in [-0.25, -0.2) is 0 Å². The number of rotatable bonds is 8. The van der Waals surface area contributed by atoms with Crippen LogP contribution in [0.4, 0.5) is 0 Å². The molecule has 0 fully saturated rings. The van der Waals surface area contributed by atoms with Gasteiger partial charge < -0.3 is 10.4 Å². The van der Waals surface area contributed by atoms with Gasteiger partial charge >= 0.3 is 0 Å². The molecule has 0 radical (unpaired) electrons. The molecule has 0 aromatic heterocycles. The molecule has 2 N–H and O–H groups in total. The number of aliphatic hydroxyl groups excluding tert-OH is 1. The van der Waals surface area contributed by atoms with Crippen LogP contribution in [0, 0.1) is 5.92 Å². The average molecular weight is 277 g/mol. The predicted octanol–water partition coefficient (Wildman–Crippen LogP) is 3.09. The molecule has 20 heavy (non-hydrogen) atoms. The van der Waals surface area contributed by atoms with Crippen LogP contribution in [0.5, 0.6) is 0 Å². The number of benzene rings is 1. The molecule has 1 rings (SSSR count). The average Bonchev–Trinajstić information content (AvgIpc) is 2.48. The summed E-state index contributed by atoms with van der Waals surface area (Å²) in [5.41, 5.74) is 1.07. The van der Waals surface area contributed by atoms with E-state index in [1.54, 1.807) is 0 Å². The van der Waals surface area contributed by atoms with E-state index < -0.39 is 0 Å². The van der Waals surface area contributed by atoms with E-state index in [2.05, 4.69) is 19.2 Å². The third-order valence-corrected chi connectivity index (χ3v) is 3.90. The standard InChI is InChI=1S/C17H27NO2/c1-4-13(3)16(14-9-7-6-8-10-14)17(20)18-12-11-15(19)5-2/h6-10,13,15-16,19H,4-5,11-12H2,1-3H3,(H,18,20). The minimum atomic E-state index is -0.325. The van der Waals surface area contributed by atoms with Crippen molar-refractivity contribution < 1.29 is 9.90 Å². The van der Waals surface area contributed by atoms with Crippen LogP contribution in [0.1, 0.15) is 51.5 Å². The van der Waals surface area contributed by atoms with E-state index >= 15 is 0 Å². The monoisotopic (exact) mass is 277 g/mol. The Morgan fingerprint density at radius 2 is 1.85 bits per heavy atom. The number of aliphatic hydroxyl groups is 1. The molecule has 112 valence electrons. The zero-order chi connectivity index (χ0) is 15.0. The van der Waals surface area contributed by atoms with E-state index in [9.17, 15) is 9.90 Å². The molecule has 0 bridgehead atoms. The molecular weight excluding hydrogens is 250 g/mol. The number of carbonyl (C=O) groups is 1. The van der Waals surface area contributed by atoms with Crippen molar-refractivity contribution in [3.8, 4) is 0 Å². The van der Waals surface area contributed by atoms with Crippen molar-refractivity contribution in [2.75, 3.05) is 6.54 Å². The van der Waals surface area contributed by atoms with Crippen molar-refractivity contribution in [3.05, 3.63) is 35.9 Å². The third-order valence-electron chi connectivity index (χ3n) is 3.90. The Morgan fingerprint density at radius 3 is 2.40 bits per heavy atom. The van der Waals surface area contributed by atoms with E-state index in [1.807, 2.05) is 37.3 Å². The van der Waals surface area contributed by atoms with Gasteiger partial charge in [0.15, 0.2) is 0 Å². The first-order chi connectivity index (χ1) is 9.60. The Hall–Kier alpha value is -1.35. The second-order valence-electron chi connectivity index (χ2n) is 5.42. The van der Waals surface area contributed by atoms with E-state index in [-0.39, 0.29) is 17.9 Å². The zero-order valence-electron chi connectivity index (χ0n) is 12.8. The SMILES string of the molecule is CCC(O)CCNC(=O)C(c1ccccc1)C(C)CC. The van der Waals surface area contributed by atoms with E-state index in [0.717, 1.165) is 18.4 Å². The smallest absolute Gasteiger partial charge is 0.227 e. The van der Waals surface area contributed by atoms with Gasteiger partial charge in [0.05, 0.1) is 12.0 Å². The number of hydrogen-bond donors (Lipinski definition) is 2. The fraction of sp³-hybridized carbons (Fsp3) is 0.588. The number of carbonyl (C=O) groups excluding carboxylic acids is 1. The summed E-state index contributed by atoms with van der Waals surface area (Å²) < 4.78 is 0. The predicted molar refractivity (Wildman–Crippen MR) is 82.6 cm³/mol. The second kappa shape index (κ2) is 8.75. The Morgan fingerprint density at radius 1 is 1.20 bits per heavy atom. The molecule has 0 aliphatic carbocycles. The van der Waals surface area contributed by atoms with Crippen molar-refractivity contribution >= 4 is 5.91 Å². The van der Waals surface area contributed by atoms with Crippen molar-refractivity contribution in [1.82, 2.24) is 5.32 Å². The molecule has 1 aromatic rings. The van der Waals surface area contributed by atoms with Gasteiger partial charge in [0.1, 0.15) is 0 Å². The van der Waals surface area contributed by atoms with Crippen LogP contribution < -0.4 is 5.32 Å². The first-order valence-electron chi connectivity index (χ1n) is 7.60. The molecule has 0 aliphatic rings. The highest BCUT2D eigenvalue weighted by Gasteiger charge is 2.25. The molecule has 0 aliphatic heterocycles. The maximum Gasteiger partial charge on any atom is 0.227 e. The van der Waals surface area contributed by atoms with Crippen molar-refractivity contribution in [1.29, 1.82) is 0 Å². The van der Waals surface area contributed by atoms with E-state index in [1.165, 1.54) is 0 Å². The Labute approximate surface area is 122 Å². The summed E-state index contributed by atoms with van der Waals surface area (Å²) in [4.78, 5) is 12.4. The second-order valence-corrected chi connectivity index (χ2v) is 5.42. The minimum absolute atomic E-state index is 0.0638. The lowest BCUT2D eigenvalue weighted by atomic mass is 9.85. The third kappa shape index (κ3) is 4.97. The first kappa shape index (κ1) is 16.7. The van der Waals surface area contributed by atoms with Crippen molar-refractivity contribution in [2.45, 2.75) is 52.1 Å². The molecule has 0 heterocycles.